The number of pyridine rings is 1. The molecule has 0 fully saturated rings. The molecule has 1 heterocycles. The third kappa shape index (κ3) is 6.19. The van der Waals surface area contributed by atoms with Gasteiger partial charge in [-0.05, 0) is 65.1 Å². The first kappa shape index (κ1) is 27.5. The molecule has 0 N–H and O–H groups in total. The number of ether oxygens (including phenoxy) is 1. The Kier molecular flexibility index (Phi) is 8.34. The summed E-state index contributed by atoms with van der Waals surface area (Å²) in [5, 5.41) is -0.446. The van der Waals surface area contributed by atoms with Crippen LogP contribution < -0.4 is 14.5 Å². The number of alkyl halides is 3. The van der Waals surface area contributed by atoms with Crippen LogP contribution in [0.25, 0.3) is 0 Å². The maximum Gasteiger partial charge on any atom is 0.417 e. The highest BCUT2D eigenvalue weighted by atomic mass is 127. The Bertz CT molecular complexity index is 1300. The molecule has 0 atom stereocenters. The molecule has 36 heavy (non-hydrogen) atoms. The van der Waals surface area contributed by atoms with Crippen molar-refractivity contribution in [2.75, 3.05) is 38.0 Å². The van der Waals surface area contributed by atoms with Crippen molar-refractivity contribution in [2.24, 2.45) is 0 Å². The third-order valence-electron chi connectivity index (χ3n) is 5.10. The fraction of sp³-hybridized carbons (Fsp3) is 0.208. The van der Waals surface area contributed by atoms with Crippen molar-refractivity contribution in [3.8, 4) is 11.5 Å². The van der Waals surface area contributed by atoms with Crippen LogP contribution in [0.1, 0.15) is 16.1 Å². The molecule has 0 saturated carbocycles. The van der Waals surface area contributed by atoms with Crippen LogP contribution in [0.2, 0.25) is 5.02 Å². The van der Waals surface area contributed by atoms with Gasteiger partial charge in [-0.3, -0.25) is 19.6 Å². The lowest BCUT2D eigenvalue weighted by atomic mass is 10.2. The maximum absolute atomic E-state index is 13.2. The number of hydrogen-bond acceptors (Lipinski definition) is 4. The number of urea groups is 1. The fourth-order valence-electron chi connectivity index (χ4n) is 3.11. The summed E-state index contributed by atoms with van der Waals surface area (Å²) in [7, 11) is 6.13. The number of nitrogens with zero attached hydrogens (tertiary/aromatic N) is 4. The van der Waals surface area contributed by atoms with Crippen molar-refractivity contribution in [3.05, 3.63) is 74.6 Å². The number of amides is 3. The molecule has 0 bridgehead atoms. The molecular formula is C24H21ClF3IN4O3. The van der Waals surface area contributed by atoms with Crippen LogP contribution in [-0.4, -0.2) is 50.0 Å². The molecule has 2 aromatic carbocycles. The first-order valence-electron chi connectivity index (χ1n) is 10.3. The lowest BCUT2D eigenvalue weighted by Gasteiger charge is -2.26. The largest absolute Gasteiger partial charge is 0.456 e. The smallest absolute Gasteiger partial charge is 0.417 e. The number of anilines is 2. The molecule has 12 heteroatoms. The number of hydrogen-bond donors (Lipinski definition) is 0. The van der Waals surface area contributed by atoms with Gasteiger partial charge < -0.3 is 9.64 Å². The van der Waals surface area contributed by atoms with Crippen LogP contribution in [0, 0.1) is 3.57 Å². The average molecular weight is 633 g/mol. The van der Waals surface area contributed by atoms with Crippen molar-refractivity contribution in [3.63, 3.8) is 0 Å². The van der Waals surface area contributed by atoms with E-state index in [2.05, 4.69) is 4.98 Å². The number of carbonyl (C=O) groups excluding carboxylic acids is 2. The molecule has 190 valence electrons. The molecule has 0 aliphatic carbocycles. The van der Waals surface area contributed by atoms with E-state index in [1.165, 1.54) is 42.2 Å². The number of benzene rings is 2. The number of halogens is 5. The lowest BCUT2D eigenvalue weighted by molar-refractivity contribution is -0.137. The molecule has 0 radical (unpaired) electrons. The normalized spacial score (nSPS) is 11.1. The van der Waals surface area contributed by atoms with Crippen molar-refractivity contribution in [2.45, 2.75) is 6.18 Å². The van der Waals surface area contributed by atoms with Crippen LogP contribution >= 0.6 is 34.2 Å². The van der Waals surface area contributed by atoms with Crippen LogP contribution in [0.15, 0.2) is 54.7 Å². The molecule has 0 aliphatic heterocycles. The Morgan fingerprint density at radius 1 is 0.944 bits per heavy atom. The van der Waals surface area contributed by atoms with Crippen LogP contribution in [-0.2, 0) is 6.18 Å². The van der Waals surface area contributed by atoms with E-state index in [1.807, 2.05) is 22.6 Å². The van der Waals surface area contributed by atoms with Gasteiger partial charge >= 0.3 is 12.2 Å². The Morgan fingerprint density at radius 2 is 1.56 bits per heavy atom. The second-order valence-corrected chi connectivity index (χ2v) is 9.43. The zero-order chi connectivity index (χ0) is 26.8. The van der Waals surface area contributed by atoms with Gasteiger partial charge in [-0.2, -0.15) is 13.2 Å². The Hall–Kier alpha value is -3.06. The Balaban J connectivity index is 1.79. The SMILES string of the molecule is CN(C)C(=O)c1cc(Oc2ccc(N(C)C(=O)N(C)c3ccc(Cl)c(C(F)(F)F)c3)cc2I)ccn1. The summed E-state index contributed by atoms with van der Waals surface area (Å²) in [5.41, 5.74) is -0.259. The minimum atomic E-state index is -4.65. The number of aromatic nitrogens is 1. The van der Waals surface area contributed by atoms with Crippen molar-refractivity contribution in [1.29, 1.82) is 0 Å². The highest BCUT2D eigenvalue weighted by Crippen LogP contribution is 2.37. The highest BCUT2D eigenvalue weighted by Gasteiger charge is 2.34. The summed E-state index contributed by atoms with van der Waals surface area (Å²) in [4.78, 5) is 33.0. The van der Waals surface area contributed by atoms with Gasteiger partial charge in [0, 0.05) is 51.8 Å². The summed E-state index contributed by atoms with van der Waals surface area (Å²) in [6.45, 7) is 0. The van der Waals surface area contributed by atoms with E-state index in [0.717, 1.165) is 17.0 Å². The highest BCUT2D eigenvalue weighted by molar-refractivity contribution is 14.1. The average Bonchev–Trinajstić information content (AvgIpc) is 2.83. The second kappa shape index (κ2) is 10.9. The molecule has 0 spiro atoms. The quantitative estimate of drug-likeness (QED) is 0.300. The topological polar surface area (TPSA) is 66.0 Å². The van der Waals surface area contributed by atoms with E-state index in [-0.39, 0.29) is 17.3 Å². The molecule has 7 nitrogen and oxygen atoms in total. The summed E-state index contributed by atoms with van der Waals surface area (Å²) < 4.78 is 46.2. The van der Waals surface area contributed by atoms with Gasteiger partial charge in [-0.1, -0.05) is 11.6 Å². The zero-order valence-electron chi connectivity index (χ0n) is 19.6. The standard InChI is InChI=1S/C24H21ClF3IN4O3/c1-31(2)22(34)20-13-16(9-10-30-20)36-21-8-6-15(12-19(21)29)33(4)23(35)32(3)14-5-7-18(25)17(11-14)24(26,27)28/h5-13H,1-4H3. The molecule has 0 saturated heterocycles. The first-order chi connectivity index (χ1) is 16.8. The molecule has 0 aliphatic rings. The Labute approximate surface area is 224 Å². The van der Waals surface area contributed by atoms with E-state index < -0.39 is 22.8 Å². The van der Waals surface area contributed by atoms with Gasteiger partial charge in [-0.15, -0.1) is 0 Å². The van der Waals surface area contributed by atoms with Gasteiger partial charge in [-0.25, -0.2) is 4.79 Å². The lowest BCUT2D eigenvalue weighted by Crippen LogP contribution is -2.39. The minimum Gasteiger partial charge on any atom is -0.456 e. The minimum absolute atomic E-state index is 0.0407. The molecular weight excluding hydrogens is 612 g/mol. The Morgan fingerprint density at radius 3 is 2.14 bits per heavy atom. The van der Waals surface area contributed by atoms with E-state index in [9.17, 15) is 22.8 Å². The fourth-order valence-corrected chi connectivity index (χ4v) is 3.95. The summed E-state index contributed by atoms with van der Waals surface area (Å²) in [5.74, 6) is 0.626. The molecule has 3 rings (SSSR count). The van der Waals surface area contributed by atoms with E-state index in [0.29, 0.717) is 20.8 Å². The molecule has 3 aromatic rings. The molecule has 1 aromatic heterocycles. The molecule has 3 amide bonds. The summed E-state index contributed by atoms with van der Waals surface area (Å²) in [6, 6.07) is 10.8. The summed E-state index contributed by atoms with van der Waals surface area (Å²) in [6.07, 6.45) is -3.18. The van der Waals surface area contributed by atoms with E-state index >= 15 is 0 Å². The van der Waals surface area contributed by atoms with Crippen LogP contribution in [0.3, 0.4) is 0 Å². The molecule has 0 unspecified atom stereocenters. The second-order valence-electron chi connectivity index (χ2n) is 7.86. The van der Waals surface area contributed by atoms with E-state index in [1.54, 1.807) is 38.4 Å². The predicted molar refractivity (Wildman–Crippen MR) is 140 cm³/mol. The van der Waals surface area contributed by atoms with Gasteiger partial charge in [0.1, 0.15) is 17.2 Å². The van der Waals surface area contributed by atoms with Crippen LogP contribution in [0.5, 0.6) is 11.5 Å². The summed E-state index contributed by atoms with van der Waals surface area (Å²) >= 11 is 7.72. The van der Waals surface area contributed by atoms with Gasteiger partial charge in [0.05, 0.1) is 14.2 Å². The zero-order valence-corrected chi connectivity index (χ0v) is 22.5. The van der Waals surface area contributed by atoms with Crippen molar-refractivity contribution in [1.82, 2.24) is 9.88 Å². The van der Waals surface area contributed by atoms with Crippen LogP contribution in [0.4, 0.5) is 29.3 Å². The number of rotatable bonds is 5. The van der Waals surface area contributed by atoms with Gasteiger partial charge in [0.2, 0.25) is 0 Å². The van der Waals surface area contributed by atoms with Crippen molar-refractivity contribution < 1.29 is 27.5 Å². The third-order valence-corrected chi connectivity index (χ3v) is 6.28. The van der Waals surface area contributed by atoms with Gasteiger partial charge in [0.25, 0.3) is 5.91 Å². The maximum atomic E-state index is 13.2. The first-order valence-corrected chi connectivity index (χ1v) is 11.8. The van der Waals surface area contributed by atoms with Gasteiger partial charge in [0.15, 0.2) is 0 Å². The monoisotopic (exact) mass is 632 g/mol. The van der Waals surface area contributed by atoms with E-state index in [4.69, 9.17) is 16.3 Å². The number of carbonyl (C=O) groups is 2. The van der Waals surface area contributed by atoms with Crippen molar-refractivity contribution >= 4 is 57.5 Å². The predicted octanol–water partition coefficient (Wildman–Crippen LogP) is 6.55.